The van der Waals surface area contributed by atoms with E-state index < -0.39 is 36.7 Å². The third kappa shape index (κ3) is 1.85. The van der Waals surface area contributed by atoms with Gasteiger partial charge >= 0.3 is 0 Å². The number of fused-ring (bicyclic) bond motifs is 1. The van der Waals surface area contributed by atoms with Crippen molar-refractivity contribution in [1.29, 1.82) is 0 Å². The predicted molar refractivity (Wildman–Crippen MR) is 67.4 cm³/mol. The fraction of sp³-hybridized carbons (Fsp3) is 0.700. The van der Waals surface area contributed by atoms with Gasteiger partial charge < -0.3 is 31.3 Å². The Labute approximate surface area is 114 Å². The average Bonchev–Trinajstić information content (AvgIpc) is 2.93. The van der Waals surface area contributed by atoms with Gasteiger partial charge in [-0.05, 0) is 0 Å². The highest BCUT2D eigenvalue weighted by Gasteiger charge is 2.50. The summed E-state index contributed by atoms with van der Waals surface area (Å²) in [5.74, 6) is -0.389. The number of nitrogens with two attached hydrogens (primary N) is 2. The highest BCUT2D eigenvalue weighted by Crippen LogP contribution is 2.29. The number of hydrogen-bond donors (Lipinski definition) is 5. The monoisotopic (exact) mass is 284 g/mol. The molecule has 3 aliphatic heterocycles. The van der Waals surface area contributed by atoms with E-state index in [2.05, 4.69) is 15.3 Å². The number of guanidine groups is 1. The Kier molecular flexibility index (Phi) is 3.09. The summed E-state index contributed by atoms with van der Waals surface area (Å²) in [6.07, 6.45) is -3.14. The van der Waals surface area contributed by atoms with Crippen LogP contribution in [0.3, 0.4) is 0 Å². The molecule has 10 heteroatoms. The van der Waals surface area contributed by atoms with Crippen molar-refractivity contribution in [3.05, 3.63) is 0 Å². The molecular weight excluding hydrogens is 268 g/mol. The number of nitrogens with one attached hydrogen (secondary N) is 1. The Balaban J connectivity index is 1.84. The second-order valence-corrected chi connectivity index (χ2v) is 4.86. The first-order chi connectivity index (χ1) is 9.52. The topological polar surface area (TPSA) is 159 Å². The first kappa shape index (κ1) is 13.2. The Morgan fingerprint density at radius 1 is 1.45 bits per heavy atom. The minimum absolute atomic E-state index is 0.0184. The number of nitrogens with zero attached hydrogens (tertiary/aromatic N) is 3. The van der Waals surface area contributed by atoms with Gasteiger partial charge in [-0.1, -0.05) is 0 Å². The van der Waals surface area contributed by atoms with E-state index in [1.54, 1.807) is 0 Å². The van der Waals surface area contributed by atoms with Crippen LogP contribution in [-0.2, 0) is 9.53 Å². The van der Waals surface area contributed by atoms with Crippen molar-refractivity contribution in [2.75, 3.05) is 6.54 Å². The summed E-state index contributed by atoms with van der Waals surface area (Å²) in [4.78, 5) is 21.3. The largest absolute Gasteiger partial charge is 0.387 e. The lowest BCUT2D eigenvalue weighted by Crippen LogP contribution is -2.56. The molecule has 0 aromatic carbocycles. The summed E-state index contributed by atoms with van der Waals surface area (Å²) >= 11 is 0. The molecule has 10 nitrogen and oxygen atoms in total. The van der Waals surface area contributed by atoms with Gasteiger partial charge in [-0.25, -0.2) is 4.99 Å². The zero-order valence-corrected chi connectivity index (χ0v) is 10.5. The Hall–Kier alpha value is -1.75. The summed E-state index contributed by atoms with van der Waals surface area (Å²) in [6.45, 7) is 0.0691. The van der Waals surface area contributed by atoms with Crippen LogP contribution in [0, 0.1) is 0 Å². The van der Waals surface area contributed by atoms with Crippen LogP contribution < -0.4 is 16.8 Å². The van der Waals surface area contributed by atoms with E-state index in [4.69, 9.17) is 16.2 Å². The average molecular weight is 284 g/mol. The molecule has 2 unspecified atom stereocenters. The number of amides is 1. The zero-order chi connectivity index (χ0) is 14.4. The number of aliphatic hydroxyl groups is 2. The molecule has 0 aliphatic carbocycles. The fourth-order valence-corrected chi connectivity index (χ4v) is 2.56. The predicted octanol–water partition coefficient (Wildman–Crippen LogP) is -4.13. The molecule has 0 aromatic heterocycles. The van der Waals surface area contributed by atoms with Crippen molar-refractivity contribution in [2.24, 2.45) is 21.5 Å². The third-order valence-corrected chi connectivity index (χ3v) is 3.60. The first-order valence-corrected chi connectivity index (χ1v) is 6.19. The van der Waals surface area contributed by atoms with Gasteiger partial charge in [0, 0.05) is 6.54 Å². The number of rotatable bonds is 2. The van der Waals surface area contributed by atoms with Crippen LogP contribution in [0.15, 0.2) is 9.98 Å². The second-order valence-electron chi connectivity index (χ2n) is 4.86. The van der Waals surface area contributed by atoms with Crippen LogP contribution in [-0.4, -0.2) is 76.6 Å². The molecule has 0 aromatic rings. The summed E-state index contributed by atoms with van der Waals surface area (Å²) in [5, 5.41) is 22.2. The lowest BCUT2D eigenvalue weighted by Gasteiger charge is -2.32. The molecule has 3 aliphatic rings. The summed E-state index contributed by atoms with van der Waals surface area (Å²) < 4.78 is 5.51. The number of ether oxygens (including phenoxy) is 1. The minimum Gasteiger partial charge on any atom is -0.387 e. The van der Waals surface area contributed by atoms with Crippen LogP contribution in [0.1, 0.15) is 0 Å². The van der Waals surface area contributed by atoms with Gasteiger partial charge in [0.15, 0.2) is 24.4 Å². The van der Waals surface area contributed by atoms with Gasteiger partial charge in [-0.15, -0.1) is 0 Å². The van der Waals surface area contributed by atoms with Gasteiger partial charge in [0.05, 0.1) is 6.34 Å². The van der Waals surface area contributed by atoms with E-state index in [-0.39, 0.29) is 18.4 Å². The second kappa shape index (κ2) is 4.66. The molecule has 110 valence electrons. The lowest BCUT2D eigenvalue weighted by atomic mass is 10.1. The van der Waals surface area contributed by atoms with E-state index in [9.17, 15) is 15.0 Å². The highest BCUT2D eigenvalue weighted by atomic mass is 16.6. The maximum absolute atomic E-state index is 11.7. The number of carbonyl (C=O) groups is 1. The molecule has 3 heterocycles. The maximum Gasteiger partial charge on any atom is 0.255 e. The normalized spacial score (nSPS) is 43.5. The molecule has 0 saturated carbocycles. The van der Waals surface area contributed by atoms with E-state index >= 15 is 0 Å². The van der Waals surface area contributed by atoms with Gasteiger partial charge in [0.25, 0.3) is 5.91 Å². The number of aliphatic imine (C=N–C) groups is 2. The number of carbonyl (C=O) groups excluding carboxylic acids is 1. The van der Waals surface area contributed by atoms with Crippen molar-refractivity contribution in [3.8, 4) is 0 Å². The highest BCUT2D eigenvalue weighted by molar-refractivity contribution is 6.02. The summed E-state index contributed by atoms with van der Waals surface area (Å²) in [7, 11) is 0. The van der Waals surface area contributed by atoms with E-state index in [1.165, 1.54) is 11.2 Å². The number of aliphatic hydroxyl groups excluding tert-OH is 2. The smallest absolute Gasteiger partial charge is 0.255 e. The van der Waals surface area contributed by atoms with Gasteiger partial charge in [-0.3, -0.25) is 15.1 Å². The van der Waals surface area contributed by atoms with Crippen molar-refractivity contribution < 1.29 is 19.7 Å². The first-order valence-electron chi connectivity index (χ1n) is 6.19. The molecule has 3 rings (SSSR count). The van der Waals surface area contributed by atoms with Crippen LogP contribution in [0.5, 0.6) is 0 Å². The Morgan fingerprint density at radius 2 is 2.20 bits per heavy atom. The molecule has 0 bridgehead atoms. The van der Waals surface area contributed by atoms with Crippen LogP contribution in [0.25, 0.3) is 0 Å². The van der Waals surface area contributed by atoms with Gasteiger partial charge in [0.2, 0.25) is 0 Å². The molecule has 1 saturated heterocycles. The molecular formula is C10H16N6O4. The van der Waals surface area contributed by atoms with Crippen molar-refractivity contribution in [3.63, 3.8) is 0 Å². The molecule has 1 fully saturated rings. The molecule has 6 atom stereocenters. The summed E-state index contributed by atoms with van der Waals surface area (Å²) in [6, 6.07) is -0.743. The van der Waals surface area contributed by atoms with Crippen LogP contribution in [0.2, 0.25) is 0 Å². The molecule has 20 heavy (non-hydrogen) atoms. The van der Waals surface area contributed by atoms with E-state index in [1.807, 2.05) is 0 Å². The van der Waals surface area contributed by atoms with Gasteiger partial charge in [-0.2, -0.15) is 0 Å². The van der Waals surface area contributed by atoms with Crippen molar-refractivity contribution in [2.45, 2.75) is 36.7 Å². The van der Waals surface area contributed by atoms with Crippen LogP contribution in [0.4, 0.5) is 0 Å². The van der Waals surface area contributed by atoms with Crippen LogP contribution >= 0.6 is 0 Å². The summed E-state index contributed by atoms with van der Waals surface area (Å²) in [5.41, 5.74) is 11.0. The lowest BCUT2D eigenvalue weighted by molar-refractivity contribution is -0.123. The Morgan fingerprint density at radius 3 is 2.85 bits per heavy atom. The van der Waals surface area contributed by atoms with Gasteiger partial charge in [0.1, 0.15) is 18.3 Å². The van der Waals surface area contributed by atoms with Crippen molar-refractivity contribution >= 4 is 18.2 Å². The fourth-order valence-electron chi connectivity index (χ4n) is 2.56. The Bertz CT molecular complexity index is 482. The van der Waals surface area contributed by atoms with E-state index in [0.29, 0.717) is 0 Å². The molecule has 0 spiro atoms. The molecule has 0 radical (unpaired) electrons. The third-order valence-electron chi connectivity index (χ3n) is 3.60. The number of hydrogen-bond acceptors (Lipinski definition) is 9. The zero-order valence-electron chi connectivity index (χ0n) is 10.5. The van der Waals surface area contributed by atoms with E-state index in [0.717, 1.165) is 0 Å². The van der Waals surface area contributed by atoms with Crippen molar-refractivity contribution in [1.82, 2.24) is 10.2 Å². The maximum atomic E-state index is 11.7. The molecule has 1 amide bonds. The SMILES string of the molecule is NC[C@H]1O[C@@H](N2C=NC3C(=O)NC(N)=NC32)[C@H](O)[C@@H]1O. The standard InChI is InChI=1S/C10H16N6O4/c11-1-3-5(17)6(18)9(20-3)16-2-13-4-7(16)14-10(12)15-8(4)19/h2-7,9,17-18H,1,11H2,(H3,12,14,15,19)/t3-,4?,5-,6-,7?,9-/m1/s1. The quantitative estimate of drug-likeness (QED) is 0.344. The molecule has 7 N–H and O–H groups in total. The minimum atomic E-state index is -1.17.